The minimum atomic E-state index is -0.411. The summed E-state index contributed by atoms with van der Waals surface area (Å²) in [4.78, 5) is 1.99. The van der Waals surface area contributed by atoms with Crippen LogP contribution in [0.4, 0.5) is 10.1 Å². The van der Waals surface area contributed by atoms with Crippen LogP contribution in [-0.2, 0) is 9.47 Å². The van der Waals surface area contributed by atoms with Crippen LogP contribution in [-0.4, -0.2) is 40.0 Å². The van der Waals surface area contributed by atoms with Crippen LogP contribution in [0.25, 0.3) is 0 Å². The number of hydrogen-bond donors (Lipinski definition) is 0. The number of halogens is 1. The zero-order valence-corrected chi connectivity index (χ0v) is 11.5. The Morgan fingerprint density at radius 3 is 2.68 bits per heavy atom. The molecule has 0 heterocycles. The highest BCUT2D eigenvalue weighted by atomic mass is 19.1. The van der Waals surface area contributed by atoms with Gasteiger partial charge in [0.2, 0.25) is 0 Å². The first kappa shape index (κ1) is 15.4. The van der Waals surface area contributed by atoms with Gasteiger partial charge in [-0.05, 0) is 25.1 Å². The van der Waals surface area contributed by atoms with Crippen molar-refractivity contribution in [2.24, 2.45) is 0 Å². The molecule has 0 radical (unpaired) electrons. The van der Waals surface area contributed by atoms with E-state index in [0.29, 0.717) is 31.0 Å². The summed E-state index contributed by atoms with van der Waals surface area (Å²) in [6, 6.07) is 6.32. The van der Waals surface area contributed by atoms with Gasteiger partial charge >= 0.3 is 0 Å². The van der Waals surface area contributed by atoms with Crippen LogP contribution in [0.3, 0.4) is 0 Å². The van der Waals surface area contributed by atoms with E-state index in [4.69, 9.17) is 14.7 Å². The third-order valence-corrected chi connectivity index (χ3v) is 2.86. The Morgan fingerprint density at radius 2 is 2.11 bits per heavy atom. The lowest BCUT2D eigenvalue weighted by atomic mass is 10.1. The Balaban J connectivity index is 3.06. The molecule has 0 bridgehead atoms. The summed E-state index contributed by atoms with van der Waals surface area (Å²) in [6.45, 7) is 3.65. The fourth-order valence-electron chi connectivity index (χ4n) is 1.95. The van der Waals surface area contributed by atoms with Crippen LogP contribution in [0.15, 0.2) is 18.2 Å². The number of nitrogens with zero attached hydrogens (tertiary/aromatic N) is 2. The highest BCUT2D eigenvalue weighted by Crippen LogP contribution is 2.23. The number of anilines is 1. The van der Waals surface area contributed by atoms with Crippen molar-refractivity contribution in [1.29, 1.82) is 5.26 Å². The fraction of sp³-hybridized carbons (Fsp3) is 0.500. The van der Waals surface area contributed by atoms with E-state index in [1.54, 1.807) is 20.3 Å². The monoisotopic (exact) mass is 266 g/mol. The summed E-state index contributed by atoms with van der Waals surface area (Å²) >= 11 is 0. The van der Waals surface area contributed by atoms with Crippen molar-refractivity contribution in [1.82, 2.24) is 0 Å². The quantitative estimate of drug-likeness (QED) is 0.759. The summed E-state index contributed by atoms with van der Waals surface area (Å²) < 4.78 is 23.4. The average molecular weight is 266 g/mol. The molecular weight excluding hydrogens is 247 g/mol. The summed E-state index contributed by atoms with van der Waals surface area (Å²) in [5.74, 6) is -0.411. The minimum Gasteiger partial charge on any atom is -0.383 e. The minimum absolute atomic E-state index is 0.0673. The number of nitriles is 1. The van der Waals surface area contributed by atoms with Gasteiger partial charge in [0.25, 0.3) is 0 Å². The second kappa shape index (κ2) is 7.72. The Kier molecular flexibility index (Phi) is 6.26. The molecule has 1 unspecified atom stereocenters. The van der Waals surface area contributed by atoms with Crippen molar-refractivity contribution in [3.63, 3.8) is 0 Å². The molecule has 0 saturated carbocycles. The molecule has 104 valence electrons. The third kappa shape index (κ3) is 4.19. The molecule has 0 N–H and O–H groups in total. The van der Waals surface area contributed by atoms with Gasteiger partial charge in [-0.3, -0.25) is 0 Å². The van der Waals surface area contributed by atoms with Crippen LogP contribution in [0, 0.1) is 17.1 Å². The van der Waals surface area contributed by atoms with Gasteiger partial charge in [0.15, 0.2) is 0 Å². The standard InChI is InChI=1S/C14H19FN2O2/c1-11(10-19-3)17(6-7-18-2)14-5-4-13(15)8-12(14)9-16/h4-5,8,11H,6-7,10H2,1-3H3. The molecule has 1 aromatic rings. The molecule has 0 aliphatic carbocycles. The molecule has 1 rings (SSSR count). The molecule has 0 saturated heterocycles. The average Bonchev–Trinajstić information content (AvgIpc) is 2.40. The van der Waals surface area contributed by atoms with Crippen LogP contribution in [0.5, 0.6) is 0 Å². The van der Waals surface area contributed by atoms with Crippen molar-refractivity contribution in [2.45, 2.75) is 13.0 Å². The van der Waals surface area contributed by atoms with Crippen LogP contribution < -0.4 is 4.90 Å². The highest BCUT2D eigenvalue weighted by molar-refractivity contribution is 5.60. The molecule has 1 atom stereocenters. The number of benzene rings is 1. The SMILES string of the molecule is COCCN(c1ccc(F)cc1C#N)C(C)COC. The van der Waals surface area contributed by atoms with Gasteiger partial charge < -0.3 is 14.4 Å². The maximum atomic E-state index is 13.2. The first-order valence-corrected chi connectivity index (χ1v) is 6.08. The molecule has 0 amide bonds. The van der Waals surface area contributed by atoms with Gasteiger partial charge in [-0.1, -0.05) is 0 Å². The van der Waals surface area contributed by atoms with Gasteiger partial charge in [0, 0.05) is 26.8 Å². The first-order valence-electron chi connectivity index (χ1n) is 6.08. The molecular formula is C14H19FN2O2. The number of hydrogen-bond acceptors (Lipinski definition) is 4. The normalized spacial score (nSPS) is 11.9. The van der Waals surface area contributed by atoms with Crippen molar-refractivity contribution in [3.8, 4) is 6.07 Å². The number of ether oxygens (including phenoxy) is 2. The van der Waals surface area contributed by atoms with Gasteiger partial charge in [-0.15, -0.1) is 0 Å². The Bertz CT molecular complexity index is 446. The van der Waals surface area contributed by atoms with E-state index >= 15 is 0 Å². The van der Waals surface area contributed by atoms with Gasteiger partial charge in [0.05, 0.1) is 24.5 Å². The van der Waals surface area contributed by atoms with E-state index in [1.165, 1.54) is 12.1 Å². The fourth-order valence-corrected chi connectivity index (χ4v) is 1.95. The van der Waals surface area contributed by atoms with E-state index in [0.717, 1.165) is 0 Å². The second-order valence-electron chi connectivity index (χ2n) is 4.26. The van der Waals surface area contributed by atoms with Crippen LogP contribution >= 0.6 is 0 Å². The molecule has 1 aromatic carbocycles. The summed E-state index contributed by atoms with van der Waals surface area (Å²) in [6.07, 6.45) is 0. The maximum Gasteiger partial charge on any atom is 0.124 e. The number of methoxy groups -OCH3 is 2. The summed E-state index contributed by atoms with van der Waals surface area (Å²) in [5, 5.41) is 9.12. The molecule has 4 nitrogen and oxygen atoms in total. The van der Waals surface area contributed by atoms with Crippen molar-refractivity contribution >= 4 is 5.69 Å². The highest BCUT2D eigenvalue weighted by Gasteiger charge is 2.18. The summed E-state index contributed by atoms with van der Waals surface area (Å²) in [5.41, 5.74) is 1.02. The Labute approximate surface area is 113 Å². The van der Waals surface area contributed by atoms with Crippen molar-refractivity contribution < 1.29 is 13.9 Å². The second-order valence-corrected chi connectivity index (χ2v) is 4.26. The van der Waals surface area contributed by atoms with Crippen molar-refractivity contribution in [2.75, 3.05) is 38.9 Å². The Morgan fingerprint density at radius 1 is 1.37 bits per heavy atom. The van der Waals surface area contributed by atoms with E-state index < -0.39 is 5.82 Å². The van der Waals surface area contributed by atoms with E-state index in [9.17, 15) is 4.39 Å². The molecule has 19 heavy (non-hydrogen) atoms. The lowest BCUT2D eigenvalue weighted by Crippen LogP contribution is -2.39. The molecule has 0 spiro atoms. The smallest absolute Gasteiger partial charge is 0.124 e. The van der Waals surface area contributed by atoms with Crippen molar-refractivity contribution in [3.05, 3.63) is 29.6 Å². The zero-order valence-electron chi connectivity index (χ0n) is 11.5. The van der Waals surface area contributed by atoms with Crippen LogP contribution in [0.2, 0.25) is 0 Å². The van der Waals surface area contributed by atoms with Gasteiger partial charge in [0.1, 0.15) is 11.9 Å². The molecule has 0 aliphatic heterocycles. The van der Waals surface area contributed by atoms with Gasteiger partial charge in [-0.2, -0.15) is 5.26 Å². The van der Waals surface area contributed by atoms with E-state index in [-0.39, 0.29) is 6.04 Å². The largest absolute Gasteiger partial charge is 0.383 e. The molecule has 5 heteroatoms. The lowest BCUT2D eigenvalue weighted by Gasteiger charge is -2.31. The molecule has 0 fully saturated rings. The van der Waals surface area contributed by atoms with E-state index in [1.807, 2.05) is 17.9 Å². The number of rotatable bonds is 7. The zero-order chi connectivity index (χ0) is 14.3. The Hall–Kier alpha value is -1.64. The predicted molar refractivity (Wildman–Crippen MR) is 71.7 cm³/mol. The predicted octanol–water partition coefficient (Wildman–Crippen LogP) is 2.19. The topological polar surface area (TPSA) is 45.5 Å². The molecule has 0 aliphatic rings. The summed E-state index contributed by atoms with van der Waals surface area (Å²) in [7, 11) is 3.25. The molecule has 0 aromatic heterocycles. The van der Waals surface area contributed by atoms with Crippen LogP contribution in [0.1, 0.15) is 12.5 Å². The first-order chi connectivity index (χ1) is 9.13. The van der Waals surface area contributed by atoms with E-state index in [2.05, 4.69) is 0 Å². The lowest BCUT2D eigenvalue weighted by molar-refractivity contribution is 0.171. The third-order valence-electron chi connectivity index (χ3n) is 2.86. The maximum absolute atomic E-state index is 13.2. The van der Waals surface area contributed by atoms with Gasteiger partial charge in [-0.25, -0.2) is 4.39 Å².